The standard InChI is InChI=1S/C19H26N2O4/c1-18(2,3)24-17(22)21-11-9-15(10-12-21)19(23)13-16(20-25-19)14-7-5-4-6-8-14/h4-8,13,15,20,23H,9-12H2,1-3H3. The molecule has 6 heteroatoms. The molecule has 1 atom stereocenters. The molecule has 25 heavy (non-hydrogen) atoms. The summed E-state index contributed by atoms with van der Waals surface area (Å²) in [5.41, 5.74) is 4.05. The Kier molecular flexibility index (Phi) is 4.75. The van der Waals surface area contributed by atoms with E-state index in [2.05, 4.69) is 5.48 Å². The molecule has 1 fully saturated rings. The zero-order chi connectivity index (χ0) is 18.1. The van der Waals surface area contributed by atoms with E-state index in [9.17, 15) is 9.90 Å². The normalized spacial score (nSPS) is 24.6. The van der Waals surface area contributed by atoms with Crippen LogP contribution in [0.4, 0.5) is 4.79 Å². The lowest BCUT2D eigenvalue weighted by molar-refractivity contribution is -0.219. The van der Waals surface area contributed by atoms with Gasteiger partial charge in [-0.3, -0.25) is 5.48 Å². The monoisotopic (exact) mass is 346 g/mol. The minimum atomic E-state index is -1.36. The first-order valence-corrected chi connectivity index (χ1v) is 8.69. The van der Waals surface area contributed by atoms with Crippen LogP contribution in [-0.4, -0.2) is 40.6 Å². The number of hydrogen-bond acceptors (Lipinski definition) is 5. The maximum Gasteiger partial charge on any atom is 0.410 e. The van der Waals surface area contributed by atoms with Crippen molar-refractivity contribution in [2.75, 3.05) is 13.1 Å². The zero-order valence-electron chi connectivity index (χ0n) is 15.0. The molecule has 0 aliphatic carbocycles. The molecule has 3 rings (SSSR count). The first-order chi connectivity index (χ1) is 11.8. The molecule has 0 spiro atoms. The maximum absolute atomic E-state index is 12.1. The van der Waals surface area contributed by atoms with Gasteiger partial charge in [0.1, 0.15) is 5.60 Å². The lowest BCUT2D eigenvalue weighted by atomic mass is 9.88. The molecule has 1 saturated heterocycles. The van der Waals surface area contributed by atoms with Crippen LogP contribution in [0.5, 0.6) is 0 Å². The van der Waals surface area contributed by atoms with Gasteiger partial charge < -0.3 is 14.7 Å². The van der Waals surface area contributed by atoms with Crippen molar-refractivity contribution in [3.63, 3.8) is 0 Å². The van der Waals surface area contributed by atoms with Crippen LogP contribution in [0.2, 0.25) is 0 Å². The lowest BCUT2D eigenvalue weighted by Gasteiger charge is -2.37. The van der Waals surface area contributed by atoms with Crippen LogP contribution in [0.15, 0.2) is 36.4 Å². The number of nitrogens with one attached hydrogen (secondary N) is 1. The predicted molar refractivity (Wildman–Crippen MR) is 94.1 cm³/mol. The zero-order valence-corrected chi connectivity index (χ0v) is 15.0. The van der Waals surface area contributed by atoms with Gasteiger partial charge >= 0.3 is 6.09 Å². The van der Waals surface area contributed by atoms with Gasteiger partial charge in [0.25, 0.3) is 0 Å². The van der Waals surface area contributed by atoms with Crippen LogP contribution in [0, 0.1) is 5.92 Å². The highest BCUT2D eigenvalue weighted by atomic mass is 16.7. The summed E-state index contributed by atoms with van der Waals surface area (Å²) in [7, 11) is 0. The Morgan fingerprint density at radius 2 is 1.92 bits per heavy atom. The number of amides is 1. The highest BCUT2D eigenvalue weighted by molar-refractivity contribution is 5.68. The number of ether oxygens (including phenoxy) is 1. The Labute approximate surface area is 148 Å². The van der Waals surface area contributed by atoms with E-state index >= 15 is 0 Å². The molecule has 2 heterocycles. The third kappa shape index (κ3) is 4.14. The summed E-state index contributed by atoms with van der Waals surface area (Å²) in [6.45, 7) is 6.65. The molecule has 0 saturated carbocycles. The topological polar surface area (TPSA) is 71.0 Å². The van der Waals surface area contributed by atoms with Gasteiger partial charge in [-0.05, 0) is 39.2 Å². The quantitative estimate of drug-likeness (QED) is 0.862. The Morgan fingerprint density at radius 3 is 2.52 bits per heavy atom. The van der Waals surface area contributed by atoms with Crippen LogP contribution in [0.1, 0.15) is 39.2 Å². The number of nitrogens with zero attached hydrogens (tertiary/aromatic N) is 1. The molecule has 0 bridgehead atoms. The van der Waals surface area contributed by atoms with Gasteiger partial charge in [0, 0.05) is 25.1 Å². The number of piperidine rings is 1. The van der Waals surface area contributed by atoms with E-state index in [4.69, 9.17) is 9.57 Å². The summed E-state index contributed by atoms with van der Waals surface area (Å²) in [4.78, 5) is 19.3. The highest BCUT2D eigenvalue weighted by Gasteiger charge is 2.43. The van der Waals surface area contributed by atoms with Gasteiger partial charge in [-0.1, -0.05) is 30.3 Å². The third-order valence-electron chi connectivity index (χ3n) is 4.49. The fourth-order valence-corrected chi connectivity index (χ4v) is 3.17. The van der Waals surface area contributed by atoms with E-state index in [1.165, 1.54) is 0 Å². The second-order valence-corrected chi connectivity index (χ2v) is 7.62. The molecule has 1 aromatic carbocycles. The molecule has 0 radical (unpaired) electrons. The van der Waals surface area contributed by atoms with E-state index in [-0.39, 0.29) is 12.0 Å². The number of benzene rings is 1. The van der Waals surface area contributed by atoms with Gasteiger partial charge in [-0.25, -0.2) is 9.63 Å². The van der Waals surface area contributed by atoms with Gasteiger partial charge in [-0.15, -0.1) is 0 Å². The van der Waals surface area contributed by atoms with Crippen LogP contribution >= 0.6 is 0 Å². The smallest absolute Gasteiger partial charge is 0.410 e. The van der Waals surface area contributed by atoms with Crippen molar-refractivity contribution in [3.8, 4) is 0 Å². The molecule has 1 aromatic rings. The minimum absolute atomic E-state index is 0.0834. The van der Waals surface area contributed by atoms with Crippen molar-refractivity contribution in [2.24, 2.45) is 5.92 Å². The lowest BCUT2D eigenvalue weighted by Crippen LogP contribution is -2.48. The van der Waals surface area contributed by atoms with Crippen molar-refractivity contribution < 1.29 is 19.5 Å². The van der Waals surface area contributed by atoms with Crippen molar-refractivity contribution in [1.29, 1.82) is 0 Å². The SMILES string of the molecule is CC(C)(C)OC(=O)N1CCC(C2(O)C=C(c3ccccc3)NO2)CC1. The van der Waals surface area contributed by atoms with E-state index in [0.717, 1.165) is 11.3 Å². The molecule has 1 amide bonds. The second kappa shape index (κ2) is 6.69. The molecule has 2 aliphatic heterocycles. The molecular weight excluding hydrogens is 320 g/mol. The Bertz CT molecular complexity index is 645. The summed E-state index contributed by atoms with van der Waals surface area (Å²) in [5, 5.41) is 10.9. The number of rotatable bonds is 2. The first-order valence-electron chi connectivity index (χ1n) is 8.69. The summed E-state index contributed by atoms with van der Waals surface area (Å²) < 4.78 is 5.41. The van der Waals surface area contributed by atoms with Gasteiger partial charge in [0.05, 0.1) is 5.70 Å². The Morgan fingerprint density at radius 1 is 1.28 bits per heavy atom. The highest BCUT2D eigenvalue weighted by Crippen LogP contribution is 2.36. The molecule has 136 valence electrons. The van der Waals surface area contributed by atoms with Crippen LogP contribution in [0.25, 0.3) is 5.70 Å². The van der Waals surface area contributed by atoms with Crippen molar-refractivity contribution in [3.05, 3.63) is 42.0 Å². The first kappa shape index (κ1) is 17.8. The maximum atomic E-state index is 12.1. The van der Waals surface area contributed by atoms with E-state index in [1.807, 2.05) is 51.1 Å². The van der Waals surface area contributed by atoms with Gasteiger partial charge in [0.2, 0.25) is 5.79 Å². The molecule has 2 N–H and O–H groups in total. The number of aliphatic hydroxyl groups is 1. The van der Waals surface area contributed by atoms with E-state index in [0.29, 0.717) is 25.9 Å². The summed E-state index contributed by atoms with van der Waals surface area (Å²) >= 11 is 0. The summed E-state index contributed by atoms with van der Waals surface area (Å²) in [6.07, 6.45) is 2.73. The number of hydrogen-bond donors (Lipinski definition) is 2. The number of hydroxylamine groups is 1. The number of carbonyl (C=O) groups excluding carboxylic acids is 1. The largest absolute Gasteiger partial charge is 0.444 e. The van der Waals surface area contributed by atoms with Gasteiger partial charge in [0.15, 0.2) is 0 Å². The van der Waals surface area contributed by atoms with Crippen LogP contribution < -0.4 is 5.48 Å². The van der Waals surface area contributed by atoms with Crippen molar-refractivity contribution in [1.82, 2.24) is 10.4 Å². The average Bonchev–Trinajstić information content (AvgIpc) is 2.98. The molecule has 6 nitrogen and oxygen atoms in total. The average molecular weight is 346 g/mol. The summed E-state index contributed by atoms with van der Waals surface area (Å²) in [5.74, 6) is -1.44. The Hall–Kier alpha value is -2.05. The van der Waals surface area contributed by atoms with E-state index in [1.54, 1.807) is 11.0 Å². The van der Waals surface area contributed by atoms with E-state index < -0.39 is 11.4 Å². The fourth-order valence-electron chi connectivity index (χ4n) is 3.17. The van der Waals surface area contributed by atoms with Crippen LogP contribution in [0.3, 0.4) is 0 Å². The molecule has 0 aromatic heterocycles. The Balaban J connectivity index is 1.61. The van der Waals surface area contributed by atoms with Crippen molar-refractivity contribution in [2.45, 2.75) is 45.0 Å². The molecular formula is C19H26N2O4. The molecule has 2 aliphatic rings. The summed E-state index contributed by atoms with van der Waals surface area (Å²) in [6, 6.07) is 9.74. The van der Waals surface area contributed by atoms with Crippen LogP contribution in [-0.2, 0) is 9.57 Å². The third-order valence-corrected chi connectivity index (χ3v) is 4.49. The number of likely N-dealkylation sites (tertiary alicyclic amines) is 1. The number of carbonyl (C=O) groups is 1. The van der Waals surface area contributed by atoms with Gasteiger partial charge in [-0.2, -0.15) is 0 Å². The van der Waals surface area contributed by atoms with Crippen molar-refractivity contribution >= 4 is 11.8 Å². The predicted octanol–water partition coefficient (Wildman–Crippen LogP) is 2.90. The minimum Gasteiger partial charge on any atom is -0.444 e. The second-order valence-electron chi connectivity index (χ2n) is 7.62. The molecule has 1 unspecified atom stereocenters. The fraction of sp³-hybridized carbons (Fsp3) is 0.526.